The molecule has 2 heterocycles. The van der Waals surface area contributed by atoms with E-state index in [1.807, 2.05) is 40.9 Å². The van der Waals surface area contributed by atoms with Gasteiger partial charge in [-0.2, -0.15) is 0 Å². The second-order valence-electron chi connectivity index (χ2n) is 4.14. The van der Waals surface area contributed by atoms with Gasteiger partial charge in [0.25, 0.3) is 0 Å². The molecule has 0 saturated heterocycles. The predicted octanol–water partition coefficient (Wildman–Crippen LogP) is 3.18. The monoisotopic (exact) mass is 333 g/mol. The molecule has 20 heavy (non-hydrogen) atoms. The van der Waals surface area contributed by atoms with Crippen LogP contribution in [0.4, 0.5) is 0 Å². The van der Waals surface area contributed by atoms with Crippen LogP contribution in [0.15, 0.2) is 41.0 Å². The maximum atomic E-state index is 5.32. The van der Waals surface area contributed by atoms with Crippen LogP contribution >= 0.6 is 15.9 Å². The van der Waals surface area contributed by atoms with Gasteiger partial charge in [0.05, 0.1) is 18.7 Å². The van der Waals surface area contributed by atoms with Gasteiger partial charge in [-0.05, 0) is 46.3 Å². The third-order valence-corrected chi connectivity index (χ3v) is 3.65. The minimum Gasteiger partial charge on any atom is -0.493 e. The van der Waals surface area contributed by atoms with Crippen LogP contribution in [0, 0.1) is 0 Å². The van der Waals surface area contributed by atoms with Crippen LogP contribution in [0.1, 0.15) is 0 Å². The second-order valence-corrected chi connectivity index (χ2v) is 5.00. The molecule has 0 aliphatic heterocycles. The van der Waals surface area contributed by atoms with Crippen molar-refractivity contribution in [3.8, 4) is 22.9 Å². The van der Waals surface area contributed by atoms with Gasteiger partial charge in [0, 0.05) is 11.8 Å². The number of ether oxygens (including phenoxy) is 2. The molecule has 5 nitrogen and oxygen atoms in total. The summed E-state index contributed by atoms with van der Waals surface area (Å²) in [5.41, 5.74) is 1.69. The van der Waals surface area contributed by atoms with Crippen molar-refractivity contribution in [2.75, 3.05) is 14.2 Å². The summed E-state index contributed by atoms with van der Waals surface area (Å²) in [6.45, 7) is 0. The van der Waals surface area contributed by atoms with Gasteiger partial charge in [-0.3, -0.25) is 4.40 Å². The Morgan fingerprint density at radius 3 is 2.60 bits per heavy atom. The lowest BCUT2D eigenvalue weighted by molar-refractivity contribution is 0.355. The normalized spacial score (nSPS) is 10.8. The van der Waals surface area contributed by atoms with E-state index in [4.69, 9.17) is 9.47 Å². The minimum absolute atomic E-state index is 0.664. The Kier molecular flexibility index (Phi) is 3.31. The fraction of sp³-hybridized carbons (Fsp3) is 0.143. The van der Waals surface area contributed by atoms with Crippen LogP contribution in [-0.4, -0.2) is 28.8 Å². The molecule has 0 aliphatic rings. The zero-order valence-corrected chi connectivity index (χ0v) is 12.6. The number of aromatic nitrogens is 3. The van der Waals surface area contributed by atoms with Crippen molar-refractivity contribution < 1.29 is 9.47 Å². The molecule has 3 aromatic rings. The number of methoxy groups -OCH3 is 2. The van der Waals surface area contributed by atoms with E-state index < -0.39 is 0 Å². The van der Waals surface area contributed by atoms with Crippen molar-refractivity contribution in [1.29, 1.82) is 0 Å². The SMILES string of the molecule is COc1ccc(-c2nnc3c(Br)cccn23)cc1OC. The highest BCUT2D eigenvalue weighted by Crippen LogP contribution is 2.32. The third kappa shape index (κ3) is 2.02. The van der Waals surface area contributed by atoms with E-state index in [0.29, 0.717) is 11.5 Å². The highest BCUT2D eigenvalue weighted by molar-refractivity contribution is 9.10. The van der Waals surface area contributed by atoms with E-state index in [2.05, 4.69) is 26.1 Å². The molecule has 0 unspecified atom stereocenters. The second kappa shape index (κ2) is 5.13. The smallest absolute Gasteiger partial charge is 0.175 e. The number of rotatable bonds is 3. The first kappa shape index (κ1) is 12.9. The molecular formula is C14H12BrN3O2. The molecule has 102 valence electrons. The van der Waals surface area contributed by atoms with Crippen LogP contribution < -0.4 is 9.47 Å². The fourth-order valence-electron chi connectivity index (χ4n) is 2.06. The fourth-order valence-corrected chi connectivity index (χ4v) is 2.48. The van der Waals surface area contributed by atoms with Gasteiger partial charge in [0.1, 0.15) is 0 Å². The minimum atomic E-state index is 0.664. The Morgan fingerprint density at radius 1 is 1.05 bits per heavy atom. The molecule has 1 aromatic carbocycles. The van der Waals surface area contributed by atoms with Gasteiger partial charge in [-0.1, -0.05) is 0 Å². The average Bonchev–Trinajstić information content (AvgIpc) is 2.92. The lowest BCUT2D eigenvalue weighted by Crippen LogP contribution is -1.93. The number of nitrogens with zero attached hydrogens (tertiary/aromatic N) is 3. The summed E-state index contributed by atoms with van der Waals surface area (Å²) in [4.78, 5) is 0. The Morgan fingerprint density at radius 2 is 1.85 bits per heavy atom. The molecule has 0 amide bonds. The van der Waals surface area contributed by atoms with Crippen LogP contribution in [-0.2, 0) is 0 Å². The first-order valence-corrected chi connectivity index (χ1v) is 6.75. The number of halogens is 1. The largest absolute Gasteiger partial charge is 0.493 e. The summed E-state index contributed by atoms with van der Waals surface area (Å²) in [5.74, 6) is 2.10. The number of benzene rings is 1. The quantitative estimate of drug-likeness (QED) is 0.738. The van der Waals surface area contributed by atoms with E-state index in [0.717, 1.165) is 21.5 Å². The van der Waals surface area contributed by atoms with Gasteiger partial charge in [-0.15, -0.1) is 10.2 Å². The van der Waals surface area contributed by atoms with E-state index in [1.165, 1.54) is 0 Å². The van der Waals surface area contributed by atoms with Gasteiger partial charge in [-0.25, -0.2) is 0 Å². The summed E-state index contributed by atoms with van der Waals surface area (Å²) in [6.07, 6.45) is 1.92. The predicted molar refractivity (Wildman–Crippen MR) is 79.2 cm³/mol. The Bertz CT molecular complexity index is 770. The molecule has 0 saturated carbocycles. The molecule has 0 spiro atoms. The summed E-state index contributed by atoms with van der Waals surface area (Å²) >= 11 is 3.47. The van der Waals surface area contributed by atoms with Crippen LogP contribution in [0.25, 0.3) is 17.0 Å². The molecule has 0 bridgehead atoms. The lowest BCUT2D eigenvalue weighted by atomic mass is 10.2. The third-order valence-electron chi connectivity index (χ3n) is 3.03. The van der Waals surface area contributed by atoms with E-state index >= 15 is 0 Å². The summed E-state index contributed by atoms with van der Waals surface area (Å²) in [7, 11) is 3.22. The molecule has 0 radical (unpaired) electrons. The highest BCUT2D eigenvalue weighted by atomic mass is 79.9. The maximum Gasteiger partial charge on any atom is 0.175 e. The maximum absolute atomic E-state index is 5.32. The van der Waals surface area contributed by atoms with Crippen molar-refractivity contribution in [2.24, 2.45) is 0 Å². The number of fused-ring (bicyclic) bond motifs is 1. The van der Waals surface area contributed by atoms with E-state index in [1.54, 1.807) is 14.2 Å². The molecular weight excluding hydrogens is 322 g/mol. The van der Waals surface area contributed by atoms with E-state index in [-0.39, 0.29) is 0 Å². The summed E-state index contributed by atoms with van der Waals surface area (Å²) < 4.78 is 13.4. The van der Waals surface area contributed by atoms with Gasteiger partial charge >= 0.3 is 0 Å². The number of hydrogen-bond donors (Lipinski definition) is 0. The molecule has 3 rings (SSSR count). The van der Waals surface area contributed by atoms with Crippen LogP contribution in [0.3, 0.4) is 0 Å². The summed E-state index contributed by atoms with van der Waals surface area (Å²) in [5, 5.41) is 8.43. The van der Waals surface area contributed by atoms with Crippen LogP contribution in [0.5, 0.6) is 11.5 Å². The van der Waals surface area contributed by atoms with Gasteiger partial charge in [0.2, 0.25) is 0 Å². The Balaban J connectivity index is 2.18. The Hall–Kier alpha value is -2.08. The van der Waals surface area contributed by atoms with Crippen LogP contribution in [0.2, 0.25) is 0 Å². The van der Waals surface area contributed by atoms with Crippen molar-refractivity contribution in [3.63, 3.8) is 0 Å². The Labute approximate surface area is 124 Å². The topological polar surface area (TPSA) is 48.7 Å². The molecule has 0 N–H and O–H groups in total. The highest BCUT2D eigenvalue weighted by Gasteiger charge is 2.12. The first-order valence-electron chi connectivity index (χ1n) is 5.96. The number of hydrogen-bond acceptors (Lipinski definition) is 4. The standard InChI is InChI=1S/C14H12BrN3O2/c1-19-11-6-5-9(8-12(11)20-2)13-16-17-14-10(15)4-3-7-18(13)14/h3-8H,1-2H3. The molecule has 6 heteroatoms. The van der Waals surface area contributed by atoms with Gasteiger partial charge in [0.15, 0.2) is 23.0 Å². The number of pyridine rings is 1. The van der Waals surface area contributed by atoms with Crippen molar-refractivity contribution in [2.45, 2.75) is 0 Å². The lowest BCUT2D eigenvalue weighted by Gasteiger charge is -2.08. The zero-order valence-electron chi connectivity index (χ0n) is 11.0. The molecule has 0 fully saturated rings. The molecule has 0 aliphatic carbocycles. The first-order chi connectivity index (χ1) is 9.74. The molecule has 2 aromatic heterocycles. The zero-order chi connectivity index (χ0) is 14.1. The van der Waals surface area contributed by atoms with Crippen molar-refractivity contribution >= 4 is 21.6 Å². The van der Waals surface area contributed by atoms with Crippen molar-refractivity contribution in [1.82, 2.24) is 14.6 Å². The summed E-state index contributed by atoms with van der Waals surface area (Å²) in [6, 6.07) is 9.54. The molecule has 0 atom stereocenters. The average molecular weight is 334 g/mol. The van der Waals surface area contributed by atoms with Crippen molar-refractivity contribution in [3.05, 3.63) is 41.0 Å². The van der Waals surface area contributed by atoms with E-state index in [9.17, 15) is 0 Å². The van der Waals surface area contributed by atoms with Gasteiger partial charge < -0.3 is 9.47 Å².